The molecule has 2 aromatic rings. The van der Waals surface area contributed by atoms with Crippen LogP contribution in [-0.2, 0) is 17.8 Å². The number of pyridine rings is 1. The molecule has 0 spiro atoms. The van der Waals surface area contributed by atoms with Gasteiger partial charge in [0.2, 0.25) is 0 Å². The summed E-state index contributed by atoms with van der Waals surface area (Å²) in [5.74, 6) is 1.14. The van der Waals surface area contributed by atoms with Crippen molar-refractivity contribution in [1.82, 2.24) is 14.9 Å². The molecule has 168 valence electrons. The lowest BCUT2D eigenvalue weighted by Gasteiger charge is -2.42. The molecule has 4 heterocycles. The van der Waals surface area contributed by atoms with E-state index in [9.17, 15) is 10.1 Å². The maximum atomic E-state index is 12.9. The average molecular weight is 436 g/mol. The molecule has 1 atom stereocenters. The van der Waals surface area contributed by atoms with Gasteiger partial charge in [-0.15, -0.1) is 0 Å². The van der Waals surface area contributed by atoms with Crippen LogP contribution in [0.25, 0.3) is 0 Å². The first kappa shape index (κ1) is 21.0. The number of fused-ring (bicyclic) bond motifs is 1. The number of piperazine rings is 1. The molecule has 1 saturated carbocycles. The lowest BCUT2D eigenvalue weighted by atomic mass is 9.87. The zero-order valence-electron chi connectivity index (χ0n) is 18.9. The number of hydrogen-bond donors (Lipinski definition) is 0. The lowest BCUT2D eigenvalue weighted by Crippen LogP contribution is -2.55. The maximum Gasteiger partial charge on any atom is 0.276 e. The number of rotatable bonds is 4. The molecule has 0 N–H and O–H groups in total. The van der Waals surface area contributed by atoms with Crippen molar-refractivity contribution in [3.8, 4) is 6.07 Å². The van der Waals surface area contributed by atoms with Gasteiger partial charge >= 0.3 is 0 Å². The third-order valence-electron chi connectivity index (χ3n) is 6.88. The molecule has 8 heteroatoms. The van der Waals surface area contributed by atoms with Gasteiger partial charge in [-0.1, -0.05) is 6.92 Å². The van der Waals surface area contributed by atoms with Gasteiger partial charge in [0, 0.05) is 43.6 Å². The van der Waals surface area contributed by atoms with Crippen molar-refractivity contribution in [3.05, 3.63) is 40.7 Å². The van der Waals surface area contributed by atoms with Crippen molar-refractivity contribution in [3.63, 3.8) is 0 Å². The van der Waals surface area contributed by atoms with Crippen LogP contribution in [0.4, 0.5) is 5.82 Å². The summed E-state index contributed by atoms with van der Waals surface area (Å²) in [7, 11) is 0. The normalized spacial score (nSPS) is 22.4. The topological polar surface area (TPSA) is 95.5 Å². The highest BCUT2D eigenvalue weighted by Gasteiger charge is 2.39. The summed E-state index contributed by atoms with van der Waals surface area (Å²) in [6.45, 7) is 8.59. The number of amides is 1. The van der Waals surface area contributed by atoms with E-state index < -0.39 is 0 Å². The van der Waals surface area contributed by atoms with Gasteiger partial charge < -0.3 is 19.0 Å². The molecule has 2 fully saturated rings. The zero-order valence-corrected chi connectivity index (χ0v) is 18.9. The second-order valence-electron chi connectivity index (χ2n) is 9.64. The van der Waals surface area contributed by atoms with Crippen LogP contribution in [-0.4, -0.2) is 52.1 Å². The summed E-state index contributed by atoms with van der Waals surface area (Å²) in [6.07, 6.45) is 6.49. The Kier molecular flexibility index (Phi) is 5.17. The van der Waals surface area contributed by atoms with Crippen molar-refractivity contribution in [2.24, 2.45) is 0 Å². The Morgan fingerprint density at radius 2 is 2.12 bits per heavy atom. The Hall–Kier alpha value is -2.92. The molecule has 1 aliphatic carbocycles. The number of aromatic nitrogens is 2. The van der Waals surface area contributed by atoms with Gasteiger partial charge in [-0.05, 0) is 38.7 Å². The van der Waals surface area contributed by atoms with Crippen LogP contribution in [0, 0.1) is 11.3 Å². The van der Waals surface area contributed by atoms with Gasteiger partial charge in [-0.3, -0.25) is 4.79 Å². The van der Waals surface area contributed by atoms with Gasteiger partial charge in [0.1, 0.15) is 18.2 Å². The monoisotopic (exact) mass is 435 g/mol. The number of hydrogen-bond acceptors (Lipinski definition) is 7. The Labute approximate surface area is 188 Å². The van der Waals surface area contributed by atoms with E-state index in [0.29, 0.717) is 49.8 Å². The van der Waals surface area contributed by atoms with E-state index in [1.54, 1.807) is 0 Å². The van der Waals surface area contributed by atoms with Gasteiger partial charge in [0.15, 0.2) is 12.1 Å². The summed E-state index contributed by atoms with van der Waals surface area (Å²) in [5, 5.41) is 10.2. The molecule has 1 amide bonds. The Balaban J connectivity index is 1.49. The van der Waals surface area contributed by atoms with Crippen LogP contribution < -0.4 is 4.90 Å². The molecule has 5 rings (SSSR count). The molecule has 1 saturated heterocycles. The second kappa shape index (κ2) is 7.89. The summed E-state index contributed by atoms with van der Waals surface area (Å²) in [5.41, 5.74) is 4.04. The molecule has 8 nitrogen and oxygen atoms in total. The lowest BCUT2D eigenvalue weighted by molar-refractivity contribution is -0.0407. The third-order valence-corrected chi connectivity index (χ3v) is 6.88. The van der Waals surface area contributed by atoms with Crippen LogP contribution in [0.5, 0.6) is 0 Å². The summed E-state index contributed by atoms with van der Waals surface area (Å²) < 4.78 is 11.1. The van der Waals surface area contributed by atoms with Crippen LogP contribution >= 0.6 is 0 Å². The van der Waals surface area contributed by atoms with Crippen molar-refractivity contribution in [1.29, 1.82) is 5.26 Å². The van der Waals surface area contributed by atoms with E-state index in [1.807, 2.05) is 4.90 Å². The molecule has 0 aromatic carbocycles. The van der Waals surface area contributed by atoms with Crippen LogP contribution in [0.2, 0.25) is 0 Å². The molecule has 0 radical (unpaired) electrons. The Bertz CT molecular complexity index is 1070. The van der Waals surface area contributed by atoms with Crippen LogP contribution in [0.3, 0.4) is 0 Å². The Morgan fingerprint density at radius 3 is 2.78 bits per heavy atom. The van der Waals surface area contributed by atoms with Crippen molar-refractivity contribution >= 4 is 11.7 Å². The summed E-state index contributed by atoms with van der Waals surface area (Å²) in [4.78, 5) is 26.1. The molecule has 2 aromatic heterocycles. The molecule has 3 aliphatic rings. The van der Waals surface area contributed by atoms with E-state index in [1.165, 1.54) is 12.7 Å². The molecular formula is C24H29N5O3. The van der Waals surface area contributed by atoms with Crippen molar-refractivity contribution in [2.75, 3.05) is 24.5 Å². The molecule has 0 bridgehead atoms. The standard InChI is InChI=1S/C24H29N5O3/c1-4-16-11-28(7-8-29(16)23(30)20-13-31-14-26-20)22-18(10-25)17-9-24(2,3)32-12-19(17)21(27-22)15-5-6-15/h13-16H,4-9,11-12H2,1-3H3/t16-/m1/s1. The van der Waals surface area contributed by atoms with Gasteiger partial charge in [0.25, 0.3) is 5.91 Å². The number of carbonyl (C=O) groups is 1. The quantitative estimate of drug-likeness (QED) is 0.726. The van der Waals surface area contributed by atoms with Crippen molar-refractivity contribution < 1.29 is 13.9 Å². The van der Waals surface area contributed by atoms with Crippen LogP contribution in [0.15, 0.2) is 17.1 Å². The van der Waals surface area contributed by atoms with Gasteiger partial charge in [-0.2, -0.15) is 5.26 Å². The minimum atomic E-state index is -0.299. The number of nitriles is 1. The molecule has 0 unspecified atom stereocenters. The molecule has 32 heavy (non-hydrogen) atoms. The number of anilines is 1. The van der Waals surface area contributed by atoms with Crippen LogP contribution in [0.1, 0.15) is 78.8 Å². The van der Waals surface area contributed by atoms with E-state index in [0.717, 1.165) is 41.9 Å². The number of carbonyl (C=O) groups excluding carboxylic acids is 1. The first-order chi connectivity index (χ1) is 15.4. The van der Waals surface area contributed by atoms with E-state index in [4.69, 9.17) is 14.1 Å². The van der Waals surface area contributed by atoms with Crippen molar-refractivity contribution in [2.45, 2.75) is 70.6 Å². The molecular weight excluding hydrogens is 406 g/mol. The predicted octanol–water partition coefficient (Wildman–Crippen LogP) is 3.41. The number of nitrogens with zero attached hydrogens (tertiary/aromatic N) is 5. The maximum absolute atomic E-state index is 12.9. The smallest absolute Gasteiger partial charge is 0.276 e. The SMILES string of the molecule is CC[C@@H]1CN(c2nc(C3CC3)c3c(c2C#N)CC(C)(C)OC3)CCN1C(=O)c1cocn1. The predicted molar refractivity (Wildman–Crippen MR) is 117 cm³/mol. The van der Waals surface area contributed by atoms with E-state index in [2.05, 4.69) is 36.7 Å². The minimum Gasteiger partial charge on any atom is -0.451 e. The largest absolute Gasteiger partial charge is 0.451 e. The Morgan fingerprint density at radius 1 is 1.31 bits per heavy atom. The zero-order chi connectivity index (χ0) is 22.5. The van der Waals surface area contributed by atoms with Gasteiger partial charge in [0.05, 0.1) is 23.5 Å². The minimum absolute atomic E-state index is 0.0153. The summed E-state index contributed by atoms with van der Waals surface area (Å²) in [6, 6.07) is 2.49. The molecule has 2 aliphatic heterocycles. The average Bonchev–Trinajstić information content (AvgIpc) is 3.49. The fourth-order valence-electron chi connectivity index (χ4n) is 4.95. The van der Waals surface area contributed by atoms with E-state index >= 15 is 0 Å². The highest BCUT2D eigenvalue weighted by Crippen LogP contribution is 2.45. The second-order valence-corrected chi connectivity index (χ2v) is 9.64. The fraction of sp³-hybridized carbons (Fsp3) is 0.583. The first-order valence-corrected chi connectivity index (χ1v) is 11.5. The third kappa shape index (κ3) is 3.65. The highest BCUT2D eigenvalue weighted by molar-refractivity contribution is 5.92. The first-order valence-electron chi connectivity index (χ1n) is 11.5. The number of oxazole rings is 1. The van der Waals surface area contributed by atoms with E-state index in [-0.39, 0.29) is 17.6 Å². The summed E-state index contributed by atoms with van der Waals surface area (Å²) >= 11 is 0. The highest BCUT2D eigenvalue weighted by atomic mass is 16.5. The van der Waals surface area contributed by atoms with Gasteiger partial charge in [-0.25, -0.2) is 9.97 Å². The fourth-order valence-corrected chi connectivity index (χ4v) is 4.95. The number of ether oxygens (including phenoxy) is 1.